The Bertz CT molecular complexity index is 1310. The van der Waals surface area contributed by atoms with Gasteiger partial charge in [-0.15, -0.1) is 0 Å². The number of nitrogens with one attached hydrogen (secondary N) is 1. The molecule has 0 aliphatic carbocycles. The van der Waals surface area contributed by atoms with Gasteiger partial charge in [-0.3, -0.25) is 0 Å². The van der Waals surface area contributed by atoms with E-state index < -0.39 is 0 Å². The highest BCUT2D eigenvalue weighted by molar-refractivity contribution is 5.67. The number of nitrogens with zero attached hydrogens (tertiary/aromatic N) is 6. The lowest BCUT2D eigenvalue weighted by Gasteiger charge is -2.29. The summed E-state index contributed by atoms with van der Waals surface area (Å²) in [4.78, 5) is 15.5. The summed E-state index contributed by atoms with van der Waals surface area (Å²) in [5.41, 5.74) is 3.80. The van der Waals surface area contributed by atoms with Crippen molar-refractivity contribution in [2.45, 2.75) is 26.2 Å². The van der Waals surface area contributed by atoms with E-state index in [1.807, 2.05) is 30.3 Å². The first-order valence-corrected chi connectivity index (χ1v) is 11.6. The molecule has 1 N–H and O–H groups in total. The van der Waals surface area contributed by atoms with E-state index in [1.54, 1.807) is 29.3 Å². The zero-order valence-corrected chi connectivity index (χ0v) is 20.1. The average molecular weight is 474 g/mol. The summed E-state index contributed by atoms with van der Waals surface area (Å²) in [6.45, 7) is 9.01. The molecule has 2 aromatic carbocycles. The number of ether oxygens (including phenoxy) is 1. The van der Waals surface area contributed by atoms with Crippen molar-refractivity contribution in [1.82, 2.24) is 24.7 Å². The summed E-state index contributed by atoms with van der Waals surface area (Å²) in [6, 6.07) is 14.6. The zero-order valence-electron chi connectivity index (χ0n) is 20.1. The third-order valence-corrected chi connectivity index (χ3v) is 5.76. The normalized spacial score (nSPS) is 14.2. The minimum atomic E-state index is -0.296. The Labute approximate surface area is 203 Å². The van der Waals surface area contributed by atoms with Crippen LogP contribution in [-0.2, 0) is 10.2 Å². The highest BCUT2D eigenvalue weighted by Crippen LogP contribution is 2.27. The van der Waals surface area contributed by atoms with Gasteiger partial charge in [0.05, 0.1) is 24.6 Å². The van der Waals surface area contributed by atoms with Crippen LogP contribution < -0.4 is 10.2 Å². The van der Waals surface area contributed by atoms with E-state index in [4.69, 9.17) is 4.74 Å². The van der Waals surface area contributed by atoms with Crippen LogP contribution in [0.25, 0.3) is 16.9 Å². The molecule has 0 saturated carbocycles. The van der Waals surface area contributed by atoms with E-state index >= 15 is 0 Å². The third kappa shape index (κ3) is 5.30. The molecule has 5 rings (SSSR count). The molecule has 1 fully saturated rings. The number of aromatic nitrogens is 5. The Morgan fingerprint density at radius 2 is 1.71 bits per heavy atom. The van der Waals surface area contributed by atoms with Gasteiger partial charge in [-0.05, 0) is 48.5 Å². The molecular formula is C26H28FN7O. The fourth-order valence-electron chi connectivity index (χ4n) is 3.86. The Morgan fingerprint density at radius 1 is 0.943 bits per heavy atom. The Hall–Kier alpha value is -3.85. The summed E-state index contributed by atoms with van der Waals surface area (Å²) < 4.78 is 21.6. The second-order valence-corrected chi connectivity index (χ2v) is 9.50. The summed E-state index contributed by atoms with van der Waals surface area (Å²) >= 11 is 0. The first kappa shape index (κ1) is 22.9. The van der Waals surface area contributed by atoms with E-state index in [-0.39, 0.29) is 11.2 Å². The first-order valence-electron chi connectivity index (χ1n) is 11.6. The maximum absolute atomic E-state index is 14.4. The molecule has 9 heteroatoms. The molecule has 3 heterocycles. The molecule has 8 nitrogen and oxygen atoms in total. The molecule has 180 valence electrons. The van der Waals surface area contributed by atoms with Crippen LogP contribution in [0.1, 0.15) is 26.6 Å². The second-order valence-electron chi connectivity index (χ2n) is 9.50. The van der Waals surface area contributed by atoms with Gasteiger partial charge < -0.3 is 15.0 Å². The van der Waals surface area contributed by atoms with Crippen molar-refractivity contribution in [3.05, 3.63) is 72.7 Å². The minimum absolute atomic E-state index is 0.111. The highest BCUT2D eigenvalue weighted by Gasteiger charge is 2.19. The Kier molecular flexibility index (Phi) is 6.17. The number of hydrogen-bond acceptors (Lipinski definition) is 7. The molecule has 1 aliphatic rings. The number of anilines is 3. The molecule has 2 aromatic heterocycles. The minimum Gasteiger partial charge on any atom is -0.378 e. The number of hydrogen-bond donors (Lipinski definition) is 1. The molecule has 0 unspecified atom stereocenters. The maximum atomic E-state index is 14.4. The van der Waals surface area contributed by atoms with Gasteiger partial charge in [0.25, 0.3) is 0 Å². The van der Waals surface area contributed by atoms with Gasteiger partial charge in [0, 0.05) is 41.6 Å². The summed E-state index contributed by atoms with van der Waals surface area (Å²) in [7, 11) is 0. The van der Waals surface area contributed by atoms with Crippen molar-refractivity contribution in [3.63, 3.8) is 0 Å². The second kappa shape index (κ2) is 9.42. The number of halogens is 1. The molecule has 0 spiro atoms. The van der Waals surface area contributed by atoms with E-state index in [1.165, 1.54) is 6.07 Å². The zero-order chi connectivity index (χ0) is 24.4. The van der Waals surface area contributed by atoms with Gasteiger partial charge in [-0.2, -0.15) is 5.10 Å². The van der Waals surface area contributed by atoms with Crippen LogP contribution in [0.3, 0.4) is 0 Å². The Morgan fingerprint density at radius 3 is 2.43 bits per heavy atom. The van der Waals surface area contributed by atoms with Crippen LogP contribution in [0, 0.1) is 5.82 Å². The van der Waals surface area contributed by atoms with E-state index in [0.29, 0.717) is 30.4 Å². The fourth-order valence-corrected chi connectivity index (χ4v) is 3.86. The van der Waals surface area contributed by atoms with Crippen molar-refractivity contribution >= 4 is 17.3 Å². The summed E-state index contributed by atoms with van der Waals surface area (Å²) in [5.74, 6) is 0.928. The van der Waals surface area contributed by atoms with Crippen molar-refractivity contribution < 1.29 is 9.13 Å². The standard InChI is InChI=1S/C26H28FN7O/c1-26(2,3)24-29-17-34(32-24)21-6-4-20(5-7-21)30-25-28-9-8-23(31-25)18-14-19(27)16-22(15-18)33-10-12-35-13-11-33/h4-9,14-17H,10-13H2,1-3H3,(H,28,30,31). The average Bonchev–Trinajstić information content (AvgIpc) is 3.36. The molecule has 1 aliphatic heterocycles. The number of benzene rings is 2. The van der Waals surface area contributed by atoms with Crippen LogP contribution in [0.15, 0.2) is 61.1 Å². The maximum Gasteiger partial charge on any atom is 0.227 e. The van der Waals surface area contributed by atoms with E-state index in [0.717, 1.165) is 36.0 Å². The molecule has 35 heavy (non-hydrogen) atoms. The molecule has 0 radical (unpaired) electrons. The van der Waals surface area contributed by atoms with Crippen molar-refractivity contribution in [2.75, 3.05) is 36.5 Å². The quantitative estimate of drug-likeness (QED) is 0.448. The molecule has 0 amide bonds. The third-order valence-electron chi connectivity index (χ3n) is 5.76. The first-order chi connectivity index (χ1) is 16.8. The van der Waals surface area contributed by atoms with Crippen LogP contribution in [0.4, 0.5) is 21.7 Å². The molecule has 0 atom stereocenters. The fraction of sp³-hybridized carbons (Fsp3) is 0.308. The van der Waals surface area contributed by atoms with Crippen LogP contribution in [0.2, 0.25) is 0 Å². The lowest BCUT2D eigenvalue weighted by Crippen LogP contribution is -2.36. The van der Waals surface area contributed by atoms with Crippen LogP contribution >= 0.6 is 0 Å². The van der Waals surface area contributed by atoms with Gasteiger partial charge in [0.15, 0.2) is 5.82 Å². The predicted octanol–water partition coefficient (Wildman–Crippen LogP) is 4.74. The largest absolute Gasteiger partial charge is 0.378 e. The smallest absolute Gasteiger partial charge is 0.227 e. The topological polar surface area (TPSA) is 81.0 Å². The molecule has 0 bridgehead atoms. The van der Waals surface area contributed by atoms with Gasteiger partial charge in [0.2, 0.25) is 5.95 Å². The van der Waals surface area contributed by atoms with Gasteiger partial charge in [-0.25, -0.2) is 24.0 Å². The lowest BCUT2D eigenvalue weighted by atomic mass is 9.96. The SMILES string of the molecule is CC(C)(C)c1ncn(-c2ccc(Nc3nccc(-c4cc(F)cc(N5CCOCC5)c4)n3)cc2)n1. The number of rotatable bonds is 5. The molecule has 4 aromatic rings. The van der Waals surface area contributed by atoms with Crippen LogP contribution in [-0.4, -0.2) is 51.0 Å². The van der Waals surface area contributed by atoms with Gasteiger partial charge >= 0.3 is 0 Å². The number of morpholine rings is 1. The van der Waals surface area contributed by atoms with E-state index in [9.17, 15) is 4.39 Å². The van der Waals surface area contributed by atoms with Crippen molar-refractivity contribution in [1.29, 1.82) is 0 Å². The highest BCUT2D eigenvalue weighted by atomic mass is 19.1. The van der Waals surface area contributed by atoms with Gasteiger partial charge in [-0.1, -0.05) is 20.8 Å². The van der Waals surface area contributed by atoms with Gasteiger partial charge in [0.1, 0.15) is 12.1 Å². The monoisotopic (exact) mass is 473 g/mol. The summed E-state index contributed by atoms with van der Waals surface area (Å²) in [6.07, 6.45) is 3.39. The van der Waals surface area contributed by atoms with Crippen molar-refractivity contribution in [3.8, 4) is 16.9 Å². The lowest BCUT2D eigenvalue weighted by molar-refractivity contribution is 0.122. The van der Waals surface area contributed by atoms with Crippen LogP contribution in [0.5, 0.6) is 0 Å². The van der Waals surface area contributed by atoms with Crippen molar-refractivity contribution in [2.24, 2.45) is 0 Å². The van der Waals surface area contributed by atoms with E-state index in [2.05, 4.69) is 51.0 Å². The Balaban J connectivity index is 1.33. The molecular weight excluding hydrogens is 445 g/mol. The predicted molar refractivity (Wildman–Crippen MR) is 134 cm³/mol. The summed E-state index contributed by atoms with van der Waals surface area (Å²) in [5, 5.41) is 7.80. The molecule has 1 saturated heterocycles.